The lowest BCUT2D eigenvalue weighted by molar-refractivity contribution is 0.00615. The number of aromatic carboxylic acids is 1. The molecule has 2 heterocycles. The Hall–Kier alpha value is -3.01. The Morgan fingerprint density at radius 2 is 1.90 bits per heavy atom. The van der Waals surface area contributed by atoms with Crippen LogP contribution in [0.2, 0.25) is 5.02 Å². The average molecular weight is 573 g/mol. The number of hydrogen-bond acceptors (Lipinski definition) is 7. The van der Waals surface area contributed by atoms with Crippen molar-refractivity contribution in [3.05, 3.63) is 51.5 Å². The van der Waals surface area contributed by atoms with Crippen LogP contribution < -0.4 is 20.7 Å². The highest BCUT2D eigenvalue weighted by Crippen LogP contribution is 2.33. The number of carboxylic acids is 1. The first-order chi connectivity index (χ1) is 19.3. The molecule has 0 bridgehead atoms. The fraction of sp³-hybridized carbons (Fsp3) is 0.533. The minimum atomic E-state index is -0.860. The van der Waals surface area contributed by atoms with Gasteiger partial charge in [0.25, 0.3) is 5.91 Å². The molecule has 2 aliphatic heterocycles. The zero-order valence-corrected chi connectivity index (χ0v) is 24.4. The van der Waals surface area contributed by atoms with Crippen LogP contribution >= 0.6 is 11.6 Å². The third-order valence-corrected chi connectivity index (χ3v) is 8.46. The number of anilines is 2. The number of hydrogen-bond donors (Lipinski definition) is 3. The van der Waals surface area contributed by atoms with E-state index in [2.05, 4.69) is 22.0 Å². The average Bonchev–Trinajstić information content (AvgIpc) is 3.49. The number of piperidine rings is 1. The summed E-state index contributed by atoms with van der Waals surface area (Å²) in [5.41, 5.74) is 10.3. The Morgan fingerprint density at radius 3 is 2.55 bits per heavy atom. The van der Waals surface area contributed by atoms with Gasteiger partial charge in [0.15, 0.2) is 0 Å². The molecule has 2 fully saturated rings. The molecular weight excluding hydrogens is 532 g/mol. The van der Waals surface area contributed by atoms with E-state index in [0.717, 1.165) is 76.0 Å². The number of benzene rings is 2. The van der Waals surface area contributed by atoms with Crippen LogP contribution in [0.25, 0.3) is 0 Å². The monoisotopic (exact) mass is 572 g/mol. The van der Waals surface area contributed by atoms with Crippen LogP contribution in [0.15, 0.2) is 24.3 Å². The van der Waals surface area contributed by atoms with Crippen molar-refractivity contribution < 1.29 is 24.2 Å². The first-order valence-electron chi connectivity index (χ1n) is 14.1. The molecule has 0 aliphatic carbocycles. The summed E-state index contributed by atoms with van der Waals surface area (Å²) in [6, 6.07) is 6.72. The molecule has 0 spiro atoms. The van der Waals surface area contributed by atoms with E-state index in [-0.39, 0.29) is 18.1 Å². The molecule has 0 radical (unpaired) electrons. The van der Waals surface area contributed by atoms with Gasteiger partial charge in [0.05, 0.1) is 46.8 Å². The molecule has 0 unspecified atom stereocenters. The van der Waals surface area contributed by atoms with Crippen LogP contribution in [0.4, 0.5) is 11.4 Å². The third kappa shape index (κ3) is 6.65. The maximum Gasteiger partial charge on any atom is 0.337 e. The largest absolute Gasteiger partial charge is 0.496 e. The standard InChI is InChI=1S/C30H41ClN4O5/c1-4-20-19(9-10-21(30(37)38)28(20)35-13-5-6-14-35)8-7-12-34-15-11-25(27(18-34)40-3)33-29(36)22-16-23(31)24(32)17-26(22)39-2/h9-10,16-17,25,27H,4-8,11-15,18,32H2,1-3H3,(H,33,36)(H,37,38)/t25-,27+/m1/s1. The predicted molar refractivity (Wildman–Crippen MR) is 158 cm³/mol. The van der Waals surface area contributed by atoms with Crippen LogP contribution in [0.1, 0.15) is 64.4 Å². The lowest BCUT2D eigenvalue weighted by Gasteiger charge is -2.38. The van der Waals surface area contributed by atoms with Crippen molar-refractivity contribution in [1.29, 1.82) is 0 Å². The topological polar surface area (TPSA) is 117 Å². The summed E-state index contributed by atoms with van der Waals surface area (Å²) in [7, 11) is 3.17. The highest BCUT2D eigenvalue weighted by Gasteiger charge is 2.31. The number of carbonyl (C=O) groups excluding carboxylic acids is 1. The smallest absolute Gasteiger partial charge is 0.337 e. The molecule has 2 aliphatic rings. The molecule has 10 heteroatoms. The zero-order chi connectivity index (χ0) is 28.8. The van der Waals surface area contributed by atoms with E-state index in [4.69, 9.17) is 26.8 Å². The summed E-state index contributed by atoms with van der Waals surface area (Å²) in [6.07, 6.45) is 5.44. The predicted octanol–water partition coefficient (Wildman–Crippen LogP) is 4.24. The van der Waals surface area contributed by atoms with Crippen LogP contribution in [-0.2, 0) is 17.6 Å². The number of nitrogens with two attached hydrogens (primary N) is 1. The van der Waals surface area contributed by atoms with Gasteiger partial charge in [0.1, 0.15) is 5.75 Å². The van der Waals surface area contributed by atoms with Crippen molar-refractivity contribution >= 4 is 34.9 Å². The molecule has 0 aromatic heterocycles. The van der Waals surface area contributed by atoms with E-state index in [9.17, 15) is 14.7 Å². The minimum Gasteiger partial charge on any atom is -0.496 e. The van der Waals surface area contributed by atoms with E-state index in [1.165, 1.54) is 18.7 Å². The summed E-state index contributed by atoms with van der Waals surface area (Å²) < 4.78 is 11.1. The van der Waals surface area contributed by atoms with Gasteiger partial charge in [0, 0.05) is 39.4 Å². The highest BCUT2D eigenvalue weighted by molar-refractivity contribution is 6.33. The number of nitrogen functional groups attached to an aromatic ring is 1. The van der Waals surface area contributed by atoms with Crippen LogP contribution in [0.5, 0.6) is 5.75 Å². The van der Waals surface area contributed by atoms with Crippen LogP contribution in [0, 0.1) is 0 Å². The Morgan fingerprint density at radius 1 is 1.15 bits per heavy atom. The van der Waals surface area contributed by atoms with E-state index < -0.39 is 5.97 Å². The summed E-state index contributed by atoms with van der Waals surface area (Å²) in [6.45, 7) is 6.38. The van der Waals surface area contributed by atoms with Gasteiger partial charge >= 0.3 is 5.97 Å². The van der Waals surface area contributed by atoms with E-state index >= 15 is 0 Å². The van der Waals surface area contributed by atoms with E-state index in [1.54, 1.807) is 19.2 Å². The van der Waals surface area contributed by atoms with Crippen LogP contribution in [0.3, 0.4) is 0 Å². The maximum absolute atomic E-state index is 13.1. The number of rotatable bonds is 11. The fourth-order valence-corrected chi connectivity index (χ4v) is 6.19. The molecule has 2 atom stereocenters. The number of nitrogens with zero attached hydrogens (tertiary/aromatic N) is 2. The second-order valence-electron chi connectivity index (χ2n) is 10.6. The Kier molecular flexibility index (Phi) is 10.2. The summed E-state index contributed by atoms with van der Waals surface area (Å²) in [5.74, 6) is -0.756. The first kappa shape index (κ1) is 30.0. The van der Waals surface area contributed by atoms with Gasteiger partial charge in [-0.2, -0.15) is 0 Å². The summed E-state index contributed by atoms with van der Waals surface area (Å²) >= 11 is 6.16. The van der Waals surface area contributed by atoms with Gasteiger partial charge in [-0.15, -0.1) is 0 Å². The second-order valence-corrected chi connectivity index (χ2v) is 11.0. The minimum absolute atomic E-state index is 0.145. The molecule has 9 nitrogen and oxygen atoms in total. The lowest BCUT2D eigenvalue weighted by Crippen LogP contribution is -2.55. The Bertz CT molecular complexity index is 1220. The molecule has 218 valence electrons. The van der Waals surface area contributed by atoms with Crippen molar-refractivity contribution in [2.75, 3.05) is 57.6 Å². The third-order valence-electron chi connectivity index (χ3n) is 8.13. The quantitative estimate of drug-likeness (QED) is 0.342. The van der Waals surface area contributed by atoms with Crippen molar-refractivity contribution in [1.82, 2.24) is 10.2 Å². The van der Waals surface area contributed by atoms with Gasteiger partial charge in [-0.3, -0.25) is 4.79 Å². The summed E-state index contributed by atoms with van der Waals surface area (Å²) in [5, 5.41) is 13.2. The Labute approximate surface area is 241 Å². The Balaban J connectivity index is 1.37. The summed E-state index contributed by atoms with van der Waals surface area (Å²) in [4.78, 5) is 29.7. The van der Waals surface area contributed by atoms with E-state index in [0.29, 0.717) is 34.1 Å². The molecule has 4 rings (SSSR count). The van der Waals surface area contributed by atoms with Crippen molar-refractivity contribution in [2.24, 2.45) is 0 Å². The number of amides is 1. The number of nitrogens with one attached hydrogen (secondary N) is 1. The van der Waals surface area contributed by atoms with Gasteiger partial charge in [0.2, 0.25) is 0 Å². The first-order valence-corrected chi connectivity index (χ1v) is 14.5. The van der Waals surface area contributed by atoms with Gasteiger partial charge in [-0.05, 0) is 68.3 Å². The molecule has 2 aromatic rings. The number of methoxy groups -OCH3 is 2. The molecule has 2 aromatic carbocycles. The van der Waals surface area contributed by atoms with Gasteiger partial charge in [-0.25, -0.2) is 4.79 Å². The number of ether oxygens (including phenoxy) is 2. The fourth-order valence-electron chi connectivity index (χ4n) is 6.02. The number of aryl methyl sites for hydroxylation is 1. The molecule has 2 saturated heterocycles. The normalized spacial score (nSPS) is 19.6. The highest BCUT2D eigenvalue weighted by atomic mass is 35.5. The number of carboxylic acid groups (broad SMARTS) is 1. The van der Waals surface area contributed by atoms with Crippen molar-refractivity contribution in [2.45, 2.75) is 57.6 Å². The number of halogens is 1. The second kappa shape index (κ2) is 13.6. The number of likely N-dealkylation sites (tertiary alicyclic amines) is 1. The van der Waals surface area contributed by atoms with Crippen molar-refractivity contribution in [3.63, 3.8) is 0 Å². The van der Waals surface area contributed by atoms with E-state index in [1.807, 2.05) is 6.07 Å². The molecular formula is C30H41ClN4O5. The van der Waals surface area contributed by atoms with Crippen LogP contribution in [-0.4, -0.2) is 81.0 Å². The molecule has 40 heavy (non-hydrogen) atoms. The zero-order valence-electron chi connectivity index (χ0n) is 23.7. The number of carbonyl (C=O) groups is 2. The lowest BCUT2D eigenvalue weighted by atomic mass is 9.94. The molecule has 0 saturated carbocycles. The van der Waals surface area contributed by atoms with Gasteiger partial charge < -0.3 is 35.4 Å². The van der Waals surface area contributed by atoms with Crippen molar-refractivity contribution in [3.8, 4) is 5.75 Å². The molecule has 1 amide bonds. The maximum atomic E-state index is 13.1. The van der Waals surface area contributed by atoms with Gasteiger partial charge in [-0.1, -0.05) is 24.6 Å². The molecule has 4 N–H and O–H groups in total. The SMILES string of the molecule is CCc1c(CCCN2CC[C@@H](NC(=O)c3cc(Cl)c(N)cc3OC)[C@@H](OC)C2)ccc(C(=O)O)c1N1CCCC1.